The Labute approximate surface area is 116 Å². The second-order valence-corrected chi connectivity index (χ2v) is 5.88. The Bertz CT molecular complexity index is 454. The monoisotopic (exact) mass is 260 g/mol. The molecule has 0 spiro atoms. The number of carbonyl (C=O) groups is 1. The van der Waals surface area contributed by atoms with E-state index < -0.39 is 0 Å². The highest BCUT2D eigenvalue weighted by atomic mass is 16.2. The van der Waals surface area contributed by atoms with Crippen LogP contribution in [-0.2, 0) is 6.42 Å². The van der Waals surface area contributed by atoms with Crippen LogP contribution in [0.4, 0.5) is 0 Å². The van der Waals surface area contributed by atoms with E-state index in [1.54, 1.807) is 0 Å². The van der Waals surface area contributed by atoms with Gasteiger partial charge >= 0.3 is 0 Å². The summed E-state index contributed by atoms with van der Waals surface area (Å²) >= 11 is 0. The van der Waals surface area contributed by atoms with E-state index in [4.69, 9.17) is 0 Å². The van der Waals surface area contributed by atoms with Gasteiger partial charge in [0.2, 0.25) is 0 Å². The molecular formula is C16H24N2O. The summed E-state index contributed by atoms with van der Waals surface area (Å²) in [5.41, 5.74) is 2.00. The molecule has 104 valence electrons. The van der Waals surface area contributed by atoms with Crippen LogP contribution in [0.1, 0.15) is 42.6 Å². The van der Waals surface area contributed by atoms with E-state index in [1.165, 1.54) is 0 Å². The summed E-state index contributed by atoms with van der Waals surface area (Å²) in [5, 5.41) is 3.14. The van der Waals surface area contributed by atoms with Crippen LogP contribution in [0, 0.1) is 0 Å². The van der Waals surface area contributed by atoms with Crippen LogP contribution in [0.15, 0.2) is 24.3 Å². The molecule has 1 aliphatic heterocycles. The number of rotatable bonds is 4. The second kappa shape index (κ2) is 5.74. The molecule has 1 aromatic carbocycles. The zero-order valence-corrected chi connectivity index (χ0v) is 12.2. The maximum absolute atomic E-state index is 12.8. The summed E-state index contributed by atoms with van der Waals surface area (Å²) in [5.74, 6) is 0.189. The zero-order valence-electron chi connectivity index (χ0n) is 12.2. The zero-order chi connectivity index (χ0) is 13.9. The molecule has 3 nitrogen and oxygen atoms in total. The molecule has 19 heavy (non-hydrogen) atoms. The molecule has 1 fully saturated rings. The van der Waals surface area contributed by atoms with Crippen molar-refractivity contribution in [3.8, 4) is 0 Å². The predicted molar refractivity (Wildman–Crippen MR) is 78.4 cm³/mol. The Morgan fingerprint density at radius 2 is 2.11 bits per heavy atom. The number of likely N-dealkylation sites (tertiary alicyclic amines) is 1. The van der Waals surface area contributed by atoms with Gasteiger partial charge in [0.15, 0.2) is 0 Å². The van der Waals surface area contributed by atoms with Crippen molar-refractivity contribution in [2.45, 2.75) is 38.6 Å². The summed E-state index contributed by atoms with van der Waals surface area (Å²) in [4.78, 5) is 14.8. The fourth-order valence-electron chi connectivity index (χ4n) is 2.84. The highest BCUT2D eigenvalue weighted by molar-refractivity contribution is 5.96. The predicted octanol–water partition coefficient (Wildman–Crippen LogP) is 2.46. The summed E-state index contributed by atoms with van der Waals surface area (Å²) in [6.45, 7) is 6.10. The Kier molecular flexibility index (Phi) is 4.25. The third-order valence-corrected chi connectivity index (χ3v) is 4.04. The fourth-order valence-corrected chi connectivity index (χ4v) is 2.84. The van der Waals surface area contributed by atoms with Crippen LogP contribution < -0.4 is 5.32 Å². The summed E-state index contributed by atoms with van der Waals surface area (Å²) < 4.78 is 0. The average Bonchev–Trinajstić information content (AvgIpc) is 2.75. The van der Waals surface area contributed by atoms with Crippen LogP contribution >= 0.6 is 0 Å². The lowest BCUT2D eigenvalue weighted by atomic mass is 9.99. The average molecular weight is 260 g/mol. The van der Waals surface area contributed by atoms with Gasteiger partial charge in [0.05, 0.1) is 0 Å². The minimum atomic E-state index is -0.00674. The molecule has 0 radical (unpaired) electrons. The highest BCUT2D eigenvalue weighted by Crippen LogP contribution is 2.30. The van der Waals surface area contributed by atoms with Gasteiger partial charge in [-0.1, -0.05) is 18.2 Å². The molecule has 0 unspecified atom stereocenters. The Morgan fingerprint density at radius 1 is 1.37 bits per heavy atom. The molecule has 0 aliphatic carbocycles. The van der Waals surface area contributed by atoms with Crippen LogP contribution in [-0.4, -0.2) is 36.5 Å². The molecule has 1 aromatic rings. The van der Waals surface area contributed by atoms with Crippen molar-refractivity contribution in [3.63, 3.8) is 0 Å². The van der Waals surface area contributed by atoms with Gasteiger partial charge in [-0.25, -0.2) is 0 Å². The molecule has 3 heteroatoms. The molecular weight excluding hydrogens is 236 g/mol. The first-order chi connectivity index (χ1) is 9.06. The van der Waals surface area contributed by atoms with Crippen molar-refractivity contribution in [2.75, 3.05) is 20.1 Å². The van der Waals surface area contributed by atoms with E-state index in [-0.39, 0.29) is 11.4 Å². The van der Waals surface area contributed by atoms with Crippen molar-refractivity contribution in [1.82, 2.24) is 10.2 Å². The first-order valence-corrected chi connectivity index (χ1v) is 7.11. The van der Waals surface area contributed by atoms with Gasteiger partial charge in [-0.2, -0.15) is 0 Å². The fraction of sp³-hybridized carbons (Fsp3) is 0.562. The number of hydrogen-bond donors (Lipinski definition) is 1. The summed E-state index contributed by atoms with van der Waals surface area (Å²) in [7, 11) is 1.94. The van der Waals surface area contributed by atoms with E-state index in [2.05, 4.69) is 25.2 Å². The first-order valence-electron chi connectivity index (χ1n) is 7.11. The van der Waals surface area contributed by atoms with E-state index in [0.717, 1.165) is 43.5 Å². The van der Waals surface area contributed by atoms with Crippen LogP contribution in [0.3, 0.4) is 0 Å². The van der Waals surface area contributed by atoms with Crippen molar-refractivity contribution >= 4 is 5.91 Å². The van der Waals surface area contributed by atoms with E-state index >= 15 is 0 Å². The molecule has 0 aromatic heterocycles. The highest BCUT2D eigenvalue weighted by Gasteiger charge is 2.36. The molecule has 0 bridgehead atoms. The lowest BCUT2D eigenvalue weighted by Gasteiger charge is -2.32. The van der Waals surface area contributed by atoms with Gasteiger partial charge in [-0.3, -0.25) is 4.79 Å². The number of nitrogens with one attached hydrogen (secondary N) is 1. The molecule has 0 atom stereocenters. The molecule has 1 N–H and O–H groups in total. The first kappa shape index (κ1) is 14.1. The largest absolute Gasteiger partial charge is 0.334 e. The van der Waals surface area contributed by atoms with Gasteiger partial charge in [-0.05, 0) is 58.3 Å². The third-order valence-electron chi connectivity index (χ3n) is 4.04. The van der Waals surface area contributed by atoms with Crippen molar-refractivity contribution in [1.29, 1.82) is 0 Å². The maximum atomic E-state index is 12.8. The number of carbonyl (C=O) groups excluding carboxylic acids is 1. The lowest BCUT2D eigenvalue weighted by Crippen LogP contribution is -2.43. The van der Waals surface area contributed by atoms with Crippen LogP contribution in [0.25, 0.3) is 0 Å². The van der Waals surface area contributed by atoms with Crippen molar-refractivity contribution in [2.24, 2.45) is 0 Å². The third kappa shape index (κ3) is 2.98. The smallest absolute Gasteiger partial charge is 0.254 e. The molecule has 1 aliphatic rings. The molecule has 0 saturated carbocycles. The SMILES string of the molecule is CNCCc1ccccc1C(=O)N1CCCC1(C)C. The quantitative estimate of drug-likeness (QED) is 0.902. The second-order valence-electron chi connectivity index (χ2n) is 5.88. The van der Waals surface area contributed by atoms with Gasteiger partial charge in [-0.15, -0.1) is 0 Å². The van der Waals surface area contributed by atoms with Gasteiger partial charge in [0.1, 0.15) is 0 Å². The number of likely N-dealkylation sites (N-methyl/N-ethyl adjacent to an activating group) is 1. The lowest BCUT2D eigenvalue weighted by molar-refractivity contribution is 0.0651. The number of nitrogens with zero attached hydrogens (tertiary/aromatic N) is 1. The van der Waals surface area contributed by atoms with Crippen molar-refractivity contribution < 1.29 is 4.79 Å². The van der Waals surface area contributed by atoms with E-state index in [0.29, 0.717) is 0 Å². The molecule has 1 amide bonds. The minimum absolute atomic E-state index is 0.00674. The summed E-state index contributed by atoms with van der Waals surface area (Å²) in [6.07, 6.45) is 3.10. The summed E-state index contributed by atoms with van der Waals surface area (Å²) in [6, 6.07) is 7.99. The number of amides is 1. The Morgan fingerprint density at radius 3 is 2.74 bits per heavy atom. The normalized spacial score (nSPS) is 17.7. The topological polar surface area (TPSA) is 32.3 Å². The molecule has 1 saturated heterocycles. The minimum Gasteiger partial charge on any atom is -0.334 e. The van der Waals surface area contributed by atoms with Gasteiger partial charge < -0.3 is 10.2 Å². The van der Waals surface area contributed by atoms with Gasteiger partial charge in [0, 0.05) is 17.6 Å². The Balaban J connectivity index is 2.23. The van der Waals surface area contributed by atoms with Crippen molar-refractivity contribution in [3.05, 3.63) is 35.4 Å². The standard InChI is InChI=1S/C16H24N2O/c1-16(2)10-6-12-18(16)15(19)14-8-5-4-7-13(14)9-11-17-3/h4-5,7-8,17H,6,9-12H2,1-3H3. The van der Waals surface area contributed by atoms with Crippen LogP contribution in [0.5, 0.6) is 0 Å². The van der Waals surface area contributed by atoms with Crippen LogP contribution in [0.2, 0.25) is 0 Å². The number of benzene rings is 1. The molecule has 2 rings (SSSR count). The van der Waals surface area contributed by atoms with E-state index in [9.17, 15) is 4.79 Å². The van der Waals surface area contributed by atoms with Gasteiger partial charge in [0.25, 0.3) is 5.91 Å². The number of hydrogen-bond acceptors (Lipinski definition) is 2. The molecule has 1 heterocycles. The maximum Gasteiger partial charge on any atom is 0.254 e. The Hall–Kier alpha value is -1.35. The van der Waals surface area contributed by atoms with E-state index in [1.807, 2.05) is 30.1 Å².